The fourth-order valence-corrected chi connectivity index (χ4v) is 3.65. The van der Waals surface area contributed by atoms with Crippen LogP contribution in [0.4, 0.5) is 5.69 Å². The molecule has 28 heavy (non-hydrogen) atoms. The Morgan fingerprint density at radius 2 is 1.64 bits per heavy atom. The first-order chi connectivity index (χ1) is 13.7. The molecule has 0 aliphatic carbocycles. The lowest BCUT2D eigenvalue weighted by Gasteiger charge is -2.25. The number of para-hydroxylation sites is 1. The summed E-state index contributed by atoms with van der Waals surface area (Å²) >= 11 is 5.72. The molecule has 0 radical (unpaired) electrons. The average molecular weight is 386 g/mol. The van der Waals surface area contributed by atoms with E-state index in [1.807, 2.05) is 24.3 Å². The number of rotatable bonds is 5. The van der Waals surface area contributed by atoms with E-state index < -0.39 is 0 Å². The van der Waals surface area contributed by atoms with Crippen LogP contribution in [0.2, 0.25) is 0 Å². The van der Waals surface area contributed by atoms with Gasteiger partial charge in [-0.15, -0.1) is 0 Å². The predicted molar refractivity (Wildman–Crippen MR) is 123 cm³/mol. The summed E-state index contributed by atoms with van der Waals surface area (Å²) in [5.74, 6) is 0. The molecule has 1 N–H and O–H groups in total. The molecule has 0 atom stereocenters. The van der Waals surface area contributed by atoms with E-state index in [1.165, 1.54) is 5.56 Å². The minimum atomic E-state index is 0.742. The summed E-state index contributed by atoms with van der Waals surface area (Å²) < 4.78 is 0. The van der Waals surface area contributed by atoms with Crippen LogP contribution in [0.1, 0.15) is 18.9 Å². The standard InChI is InChI=1S/C24H23N3S/c1-2-14-27(17-18-8-4-3-5-9-18)24(28)25-21-13-12-20-15-19-10-6-7-11-22(19)26-23(20)16-21/h3-13,15-16H,2,14,17H2,1H3,(H,25,28). The van der Waals surface area contributed by atoms with E-state index in [-0.39, 0.29) is 0 Å². The third-order valence-corrected chi connectivity index (χ3v) is 5.13. The van der Waals surface area contributed by atoms with Gasteiger partial charge in [-0.25, -0.2) is 4.98 Å². The smallest absolute Gasteiger partial charge is 0.173 e. The van der Waals surface area contributed by atoms with Gasteiger partial charge >= 0.3 is 0 Å². The highest BCUT2D eigenvalue weighted by atomic mass is 32.1. The molecule has 0 spiro atoms. The van der Waals surface area contributed by atoms with Gasteiger partial charge in [0.1, 0.15) is 0 Å². The van der Waals surface area contributed by atoms with Gasteiger partial charge in [0.05, 0.1) is 11.0 Å². The summed E-state index contributed by atoms with van der Waals surface area (Å²) in [4.78, 5) is 7.01. The normalized spacial score (nSPS) is 10.9. The summed E-state index contributed by atoms with van der Waals surface area (Å²) in [6.45, 7) is 3.89. The largest absolute Gasteiger partial charge is 0.345 e. The molecule has 0 amide bonds. The Morgan fingerprint density at radius 1 is 0.893 bits per heavy atom. The second-order valence-electron chi connectivity index (χ2n) is 6.93. The van der Waals surface area contributed by atoms with Crippen molar-refractivity contribution in [2.24, 2.45) is 0 Å². The van der Waals surface area contributed by atoms with Crippen LogP contribution in [-0.4, -0.2) is 21.5 Å². The van der Waals surface area contributed by atoms with Crippen molar-refractivity contribution in [2.45, 2.75) is 19.9 Å². The van der Waals surface area contributed by atoms with Crippen molar-refractivity contribution in [3.63, 3.8) is 0 Å². The van der Waals surface area contributed by atoms with Crippen LogP contribution in [0.5, 0.6) is 0 Å². The predicted octanol–water partition coefficient (Wildman–Crippen LogP) is 6.00. The average Bonchev–Trinajstić information content (AvgIpc) is 2.72. The van der Waals surface area contributed by atoms with Gasteiger partial charge in [-0.2, -0.15) is 0 Å². The molecule has 0 aliphatic rings. The van der Waals surface area contributed by atoms with Crippen molar-refractivity contribution in [2.75, 3.05) is 11.9 Å². The summed E-state index contributed by atoms with van der Waals surface area (Å²) in [7, 11) is 0. The van der Waals surface area contributed by atoms with E-state index in [2.05, 4.69) is 71.7 Å². The van der Waals surface area contributed by atoms with Crippen molar-refractivity contribution in [1.82, 2.24) is 9.88 Å². The molecule has 140 valence electrons. The summed E-state index contributed by atoms with van der Waals surface area (Å²) in [5.41, 5.74) is 4.20. The number of nitrogens with zero attached hydrogens (tertiary/aromatic N) is 2. The van der Waals surface area contributed by atoms with Crippen LogP contribution in [0.3, 0.4) is 0 Å². The fourth-order valence-electron chi connectivity index (χ4n) is 3.38. The molecule has 4 rings (SSSR count). The Kier molecular flexibility index (Phi) is 5.49. The van der Waals surface area contributed by atoms with Gasteiger partial charge < -0.3 is 10.2 Å². The van der Waals surface area contributed by atoms with Crippen molar-refractivity contribution in [3.8, 4) is 0 Å². The van der Waals surface area contributed by atoms with Gasteiger partial charge in [-0.1, -0.05) is 61.5 Å². The lowest BCUT2D eigenvalue weighted by Crippen LogP contribution is -2.34. The molecule has 4 heteroatoms. The minimum Gasteiger partial charge on any atom is -0.345 e. The van der Waals surface area contributed by atoms with Gasteiger partial charge in [0.25, 0.3) is 0 Å². The van der Waals surface area contributed by atoms with Gasteiger partial charge in [-0.3, -0.25) is 0 Å². The number of thiocarbonyl (C=S) groups is 1. The first-order valence-electron chi connectivity index (χ1n) is 9.62. The first kappa shape index (κ1) is 18.4. The third kappa shape index (κ3) is 4.12. The SMILES string of the molecule is CCCN(Cc1ccccc1)C(=S)Nc1ccc2cc3ccccc3nc2c1. The fraction of sp³-hybridized carbons (Fsp3) is 0.167. The summed E-state index contributed by atoms with van der Waals surface area (Å²) in [6, 6.07) is 27.0. The Bertz CT molecular complexity index is 1110. The topological polar surface area (TPSA) is 28.2 Å². The van der Waals surface area contributed by atoms with Crippen LogP contribution in [0.25, 0.3) is 21.8 Å². The molecule has 0 saturated carbocycles. The molecule has 3 aromatic carbocycles. The van der Waals surface area contributed by atoms with Crippen LogP contribution < -0.4 is 5.32 Å². The number of anilines is 1. The Hall–Kier alpha value is -2.98. The van der Waals surface area contributed by atoms with Crippen molar-refractivity contribution in [3.05, 3.63) is 84.4 Å². The molecular formula is C24H23N3S. The molecule has 0 saturated heterocycles. The van der Waals surface area contributed by atoms with E-state index >= 15 is 0 Å². The maximum absolute atomic E-state index is 5.72. The molecule has 1 heterocycles. The number of pyridine rings is 1. The van der Waals surface area contributed by atoms with E-state index in [1.54, 1.807) is 0 Å². The number of aromatic nitrogens is 1. The van der Waals surface area contributed by atoms with Crippen molar-refractivity contribution in [1.29, 1.82) is 0 Å². The lowest BCUT2D eigenvalue weighted by molar-refractivity contribution is 0.418. The Labute approximate surface area is 171 Å². The zero-order valence-electron chi connectivity index (χ0n) is 15.9. The maximum atomic E-state index is 5.72. The number of fused-ring (bicyclic) bond motifs is 2. The highest BCUT2D eigenvalue weighted by molar-refractivity contribution is 7.80. The zero-order chi connectivity index (χ0) is 19.3. The van der Waals surface area contributed by atoms with E-state index in [0.717, 1.165) is 52.1 Å². The van der Waals surface area contributed by atoms with Gasteiger partial charge in [0.2, 0.25) is 0 Å². The number of hydrogen-bond donors (Lipinski definition) is 1. The Morgan fingerprint density at radius 3 is 2.46 bits per heavy atom. The maximum Gasteiger partial charge on any atom is 0.173 e. The molecule has 4 aromatic rings. The molecule has 3 nitrogen and oxygen atoms in total. The number of nitrogens with one attached hydrogen (secondary N) is 1. The van der Waals surface area contributed by atoms with E-state index in [4.69, 9.17) is 17.2 Å². The quantitative estimate of drug-likeness (QED) is 0.337. The van der Waals surface area contributed by atoms with Gasteiger partial charge in [0.15, 0.2) is 5.11 Å². The van der Waals surface area contributed by atoms with Crippen LogP contribution in [0.15, 0.2) is 78.9 Å². The molecule has 0 fully saturated rings. The number of hydrogen-bond acceptors (Lipinski definition) is 2. The molecule has 0 unspecified atom stereocenters. The van der Waals surface area contributed by atoms with Crippen molar-refractivity contribution < 1.29 is 0 Å². The van der Waals surface area contributed by atoms with Gasteiger partial charge in [-0.05, 0) is 48.5 Å². The second kappa shape index (κ2) is 8.36. The monoisotopic (exact) mass is 385 g/mol. The second-order valence-corrected chi connectivity index (χ2v) is 7.31. The Balaban J connectivity index is 1.56. The molecule has 0 bridgehead atoms. The third-order valence-electron chi connectivity index (χ3n) is 4.77. The first-order valence-corrected chi connectivity index (χ1v) is 10.0. The highest BCUT2D eigenvalue weighted by Gasteiger charge is 2.10. The molecule has 1 aromatic heterocycles. The molecule has 0 aliphatic heterocycles. The lowest BCUT2D eigenvalue weighted by atomic mass is 10.1. The van der Waals surface area contributed by atoms with Gasteiger partial charge in [0, 0.05) is 29.5 Å². The van der Waals surface area contributed by atoms with E-state index in [9.17, 15) is 0 Å². The van der Waals surface area contributed by atoms with Crippen molar-refractivity contribution >= 4 is 44.8 Å². The number of benzene rings is 3. The van der Waals surface area contributed by atoms with Crippen LogP contribution in [-0.2, 0) is 6.54 Å². The minimum absolute atomic E-state index is 0.742. The summed E-state index contributed by atoms with van der Waals surface area (Å²) in [6.07, 6.45) is 1.04. The summed E-state index contributed by atoms with van der Waals surface area (Å²) in [5, 5.41) is 6.43. The van der Waals surface area contributed by atoms with E-state index in [0.29, 0.717) is 0 Å². The van der Waals surface area contributed by atoms with Crippen LogP contribution >= 0.6 is 12.2 Å². The molecular weight excluding hydrogens is 362 g/mol. The highest BCUT2D eigenvalue weighted by Crippen LogP contribution is 2.23. The zero-order valence-corrected chi connectivity index (χ0v) is 16.7. The van der Waals surface area contributed by atoms with Crippen LogP contribution in [0, 0.1) is 0 Å².